The van der Waals surface area contributed by atoms with Crippen molar-refractivity contribution < 1.29 is 14.7 Å². The van der Waals surface area contributed by atoms with E-state index in [1.165, 1.54) is 4.90 Å². The molecule has 3 aromatic carbocycles. The van der Waals surface area contributed by atoms with Crippen molar-refractivity contribution >= 4 is 17.4 Å². The summed E-state index contributed by atoms with van der Waals surface area (Å²) in [5, 5.41) is 10.7. The van der Waals surface area contributed by atoms with Crippen LogP contribution < -0.4 is 4.90 Å². The molecule has 1 aliphatic rings. The zero-order valence-electron chi connectivity index (χ0n) is 15.6. The Morgan fingerprint density at radius 3 is 2.14 bits per heavy atom. The summed E-state index contributed by atoms with van der Waals surface area (Å²) in [5.41, 5.74) is 3.74. The van der Waals surface area contributed by atoms with Crippen molar-refractivity contribution in [1.29, 1.82) is 0 Å². The van der Waals surface area contributed by atoms with Gasteiger partial charge < -0.3 is 5.11 Å². The number of aryl methyl sites for hydroxylation is 2. The predicted octanol–water partition coefficient (Wildman–Crippen LogP) is 4.14. The van der Waals surface area contributed by atoms with Gasteiger partial charge in [0, 0.05) is 16.7 Å². The number of aliphatic hydroxyl groups excluding tert-OH is 1. The first kappa shape index (κ1) is 18.1. The number of carbonyl (C=O) groups is 2. The minimum atomic E-state index is -0.968. The van der Waals surface area contributed by atoms with E-state index in [4.69, 9.17) is 0 Å². The molecule has 1 aliphatic heterocycles. The number of rotatable bonds is 3. The van der Waals surface area contributed by atoms with Gasteiger partial charge in [-0.1, -0.05) is 60.7 Å². The van der Waals surface area contributed by atoms with Crippen LogP contribution in [0.15, 0.2) is 72.8 Å². The molecule has 0 saturated heterocycles. The highest BCUT2D eigenvalue weighted by Gasteiger charge is 2.34. The van der Waals surface area contributed by atoms with Crippen LogP contribution in [-0.2, 0) is 6.42 Å². The van der Waals surface area contributed by atoms with Crippen molar-refractivity contribution in [2.24, 2.45) is 0 Å². The zero-order valence-corrected chi connectivity index (χ0v) is 15.6. The molecule has 140 valence electrons. The summed E-state index contributed by atoms with van der Waals surface area (Å²) >= 11 is 0. The van der Waals surface area contributed by atoms with E-state index in [9.17, 15) is 14.7 Å². The molecule has 0 saturated carbocycles. The molecule has 4 nitrogen and oxygen atoms in total. The SMILES string of the molecule is Cc1ccc2c(c1C(=O)c1ccccc1)N(C(=O)c1ccccc1)C(O)CC2. The van der Waals surface area contributed by atoms with Crippen LogP contribution in [0.4, 0.5) is 5.69 Å². The molecule has 0 fully saturated rings. The number of ketones is 1. The molecule has 0 spiro atoms. The van der Waals surface area contributed by atoms with Crippen molar-refractivity contribution in [2.75, 3.05) is 4.90 Å². The number of hydrogen-bond acceptors (Lipinski definition) is 3. The standard InChI is InChI=1S/C24H21NO3/c1-16-12-13-17-14-15-20(26)25(24(28)19-10-6-3-7-11-19)22(17)21(16)23(27)18-8-4-2-5-9-18/h2-13,20,26H,14-15H2,1H3. The molecule has 0 bridgehead atoms. The number of benzene rings is 3. The van der Waals surface area contributed by atoms with E-state index in [0.29, 0.717) is 35.2 Å². The second-order valence-electron chi connectivity index (χ2n) is 7.02. The third-order valence-electron chi connectivity index (χ3n) is 5.18. The summed E-state index contributed by atoms with van der Waals surface area (Å²) in [6, 6.07) is 21.8. The van der Waals surface area contributed by atoms with Crippen molar-refractivity contribution in [3.05, 3.63) is 101 Å². The van der Waals surface area contributed by atoms with Gasteiger partial charge in [0.25, 0.3) is 5.91 Å². The topological polar surface area (TPSA) is 57.6 Å². The molecule has 28 heavy (non-hydrogen) atoms. The van der Waals surface area contributed by atoms with E-state index in [0.717, 1.165) is 11.1 Å². The minimum absolute atomic E-state index is 0.144. The number of nitrogens with zero attached hydrogens (tertiary/aromatic N) is 1. The van der Waals surface area contributed by atoms with Crippen LogP contribution in [0.5, 0.6) is 0 Å². The molecule has 0 aliphatic carbocycles. The average molecular weight is 371 g/mol. The molecule has 1 unspecified atom stereocenters. The Balaban J connectivity index is 1.89. The van der Waals surface area contributed by atoms with E-state index in [-0.39, 0.29) is 11.7 Å². The quantitative estimate of drug-likeness (QED) is 0.704. The first-order valence-corrected chi connectivity index (χ1v) is 9.37. The van der Waals surface area contributed by atoms with E-state index in [2.05, 4.69) is 0 Å². The molecular formula is C24H21NO3. The zero-order chi connectivity index (χ0) is 19.7. The first-order chi connectivity index (χ1) is 13.6. The summed E-state index contributed by atoms with van der Waals surface area (Å²) in [7, 11) is 0. The number of aliphatic hydroxyl groups is 1. The van der Waals surface area contributed by atoms with Gasteiger partial charge >= 0.3 is 0 Å². The minimum Gasteiger partial charge on any atom is -0.373 e. The molecular weight excluding hydrogens is 350 g/mol. The van der Waals surface area contributed by atoms with Gasteiger partial charge in [0.05, 0.1) is 5.69 Å². The van der Waals surface area contributed by atoms with Crippen LogP contribution in [0, 0.1) is 6.92 Å². The third-order valence-corrected chi connectivity index (χ3v) is 5.18. The first-order valence-electron chi connectivity index (χ1n) is 9.37. The number of hydrogen-bond donors (Lipinski definition) is 1. The molecule has 4 heteroatoms. The van der Waals surface area contributed by atoms with Crippen LogP contribution >= 0.6 is 0 Å². The number of amides is 1. The molecule has 1 amide bonds. The molecule has 1 atom stereocenters. The second kappa shape index (κ2) is 7.41. The molecule has 1 heterocycles. The lowest BCUT2D eigenvalue weighted by molar-refractivity contribution is 0.0864. The fourth-order valence-electron chi connectivity index (χ4n) is 3.75. The monoisotopic (exact) mass is 371 g/mol. The fourth-order valence-corrected chi connectivity index (χ4v) is 3.75. The van der Waals surface area contributed by atoms with Crippen LogP contribution in [0.25, 0.3) is 0 Å². The van der Waals surface area contributed by atoms with Gasteiger partial charge in [0.2, 0.25) is 0 Å². The van der Waals surface area contributed by atoms with Gasteiger partial charge in [-0.15, -0.1) is 0 Å². The molecule has 0 radical (unpaired) electrons. The van der Waals surface area contributed by atoms with Crippen molar-refractivity contribution in [3.63, 3.8) is 0 Å². The Kier molecular flexibility index (Phi) is 4.80. The van der Waals surface area contributed by atoms with Gasteiger partial charge in [0.15, 0.2) is 5.78 Å². The lowest BCUT2D eigenvalue weighted by Gasteiger charge is -2.36. The predicted molar refractivity (Wildman–Crippen MR) is 109 cm³/mol. The largest absolute Gasteiger partial charge is 0.373 e. The second-order valence-corrected chi connectivity index (χ2v) is 7.02. The summed E-state index contributed by atoms with van der Waals surface area (Å²) in [5.74, 6) is -0.448. The van der Waals surface area contributed by atoms with Gasteiger partial charge in [-0.05, 0) is 43.0 Å². The van der Waals surface area contributed by atoms with Gasteiger partial charge in [0.1, 0.15) is 6.23 Å². The molecule has 0 aromatic heterocycles. The van der Waals surface area contributed by atoms with Crippen molar-refractivity contribution in [2.45, 2.75) is 26.0 Å². The van der Waals surface area contributed by atoms with E-state index in [1.807, 2.05) is 43.3 Å². The number of fused-ring (bicyclic) bond motifs is 1. The van der Waals surface area contributed by atoms with E-state index < -0.39 is 6.23 Å². The lowest BCUT2D eigenvalue weighted by atomic mass is 9.89. The van der Waals surface area contributed by atoms with Crippen LogP contribution in [0.2, 0.25) is 0 Å². The van der Waals surface area contributed by atoms with Gasteiger partial charge in [-0.2, -0.15) is 0 Å². The Hall–Kier alpha value is -3.24. The lowest BCUT2D eigenvalue weighted by Crippen LogP contribution is -2.44. The Labute approximate surface area is 164 Å². The smallest absolute Gasteiger partial charge is 0.260 e. The highest BCUT2D eigenvalue weighted by molar-refractivity contribution is 6.17. The number of anilines is 1. The van der Waals surface area contributed by atoms with Crippen molar-refractivity contribution in [3.8, 4) is 0 Å². The Bertz CT molecular complexity index is 1030. The van der Waals surface area contributed by atoms with Crippen LogP contribution in [-0.4, -0.2) is 23.0 Å². The average Bonchev–Trinajstić information content (AvgIpc) is 2.74. The van der Waals surface area contributed by atoms with E-state index in [1.54, 1.807) is 36.4 Å². The Morgan fingerprint density at radius 2 is 1.50 bits per heavy atom. The highest BCUT2D eigenvalue weighted by Crippen LogP contribution is 2.37. The maximum atomic E-state index is 13.3. The molecule has 4 rings (SSSR count). The van der Waals surface area contributed by atoms with Gasteiger partial charge in [-0.3, -0.25) is 14.5 Å². The Morgan fingerprint density at radius 1 is 0.893 bits per heavy atom. The molecule has 1 N–H and O–H groups in total. The third kappa shape index (κ3) is 3.12. The van der Waals surface area contributed by atoms with E-state index >= 15 is 0 Å². The molecule has 3 aromatic rings. The summed E-state index contributed by atoms with van der Waals surface area (Å²) < 4.78 is 0. The van der Waals surface area contributed by atoms with Crippen LogP contribution in [0.3, 0.4) is 0 Å². The van der Waals surface area contributed by atoms with Crippen molar-refractivity contribution in [1.82, 2.24) is 0 Å². The number of carbonyl (C=O) groups excluding carboxylic acids is 2. The fraction of sp³-hybridized carbons (Fsp3) is 0.167. The summed E-state index contributed by atoms with van der Waals surface area (Å²) in [6.45, 7) is 1.86. The highest BCUT2D eigenvalue weighted by atomic mass is 16.3. The normalized spacial score (nSPS) is 15.8. The maximum absolute atomic E-state index is 13.3. The maximum Gasteiger partial charge on any atom is 0.260 e. The van der Waals surface area contributed by atoms with Crippen LogP contribution in [0.1, 0.15) is 43.8 Å². The van der Waals surface area contributed by atoms with Gasteiger partial charge in [-0.25, -0.2) is 0 Å². The summed E-state index contributed by atoms with van der Waals surface area (Å²) in [4.78, 5) is 28.0. The summed E-state index contributed by atoms with van der Waals surface area (Å²) in [6.07, 6.45) is 0.0854.